The highest BCUT2D eigenvalue weighted by Crippen LogP contribution is 2.65. The predicted octanol–water partition coefficient (Wildman–Crippen LogP) is -1.09. The van der Waals surface area contributed by atoms with E-state index in [0.717, 1.165) is 12.3 Å². The first-order valence-electron chi connectivity index (χ1n) is 3.81. The molecule has 0 aromatic carbocycles. The summed E-state index contributed by atoms with van der Waals surface area (Å²) in [5.74, 6) is 0. The molecule has 2 atom stereocenters. The maximum absolute atomic E-state index is 11.5. The summed E-state index contributed by atoms with van der Waals surface area (Å²) in [6, 6.07) is 0.852. The number of hydrogen-bond donors (Lipinski definition) is 4. The Morgan fingerprint density at radius 3 is 2.11 bits per heavy atom. The van der Waals surface area contributed by atoms with Crippen molar-refractivity contribution >= 4 is 28.7 Å². The van der Waals surface area contributed by atoms with E-state index in [1.165, 1.54) is 0 Å². The van der Waals surface area contributed by atoms with E-state index < -0.39 is 28.7 Å². The van der Waals surface area contributed by atoms with E-state index in [9.17, 15) is 18.6 Å². The second-order valence-corrected chi connectivity index (χ2v) is 7.35. The van der Waals surface area contributed by atoms with Crippen LogP contribution in [0.25, 0.3) is 0 Å². The minimum Gasteiger partial charge on any atom is -0.319 e. The summed E-state index contributed by atoms with van der Waals surface area (Å²) in [6.07, 6.45) is 0.945. The molecule has 1 aromatic heterocycles. The lowest BCUT2D eigenvalue weighted by Gasteiger charge is -2.15. The van der Waals surface area contributed by atoms with Gasteiger partial charge in [-0.3, -0.25) is 4.57 Å². The Morgan fingerprint density at radius 2 is 1.67 bits per heavy atom. The van der Waals surface area contributed by atoms with Crippen molar-refractivity contribution in [2.75, 3.05) is 0 Å². The molecular weight excluding hydrogens is 315 g/mol. The van der Waals surface area contributed by atoms with Crippen LogP contribution in [0.2, 0.25) is 0 Å². The largest absolute Gasteiger partial charge is 0.488 e. The molecule has 0 amide bonds. The third-order valence-corrected chi connectivity index (χ3v) is 5.41. The van der Waals surface area contributed by atoms with Gasteiger partial charge in [-0.2, -0.15) is 4.31 Å². The Bertz CT molecular complexity index is 555. The molecule has 1 heterocycles. The Balaban J connectivity index is 2.94. The van der Waals surface area contributed by atoms with E-state index in [4.69, 9.17) is 14.7 Å². The van der Waals surface area contributed by atoms with E-state index >= 15 is 0 Å². The normalized spacial score (nSPS) is 18.9. The maximum atomic E-state index is 11.5. The number of aromatic nitrogens is 3. The quantitative estimate of drug-likeness (QED) is 0.480. The van der Waals surface area contributed by atoms with Crippen molar-refractivity contribution in [1.82, 2.24) is 15.4 Å². The van der Waals surface area contributed by atoms with Crippen LogP contribution in [0.1, 0.15) is 0 Å². The first kappa shape index (κ1) is 15.5. The molecule has 18 heavy (non-hydrogen) atoms. The molecule has 0 saturated heterocycles. The molecule has 1 rings (SSSR count). The summed E-state index contributed by atoms with van der Waals surface area (Å²) in [6.45, 7) is 0. The van der Waals surface area contributed by atoms with Gasteiger partial charge in [0.25, 0.3) is 0 Å². The van der Waals surface area contributed by atoms with E-state index in [2.05, 4.69) is 24.0 Å². The van der Waals surface area contributed by atoms with Crippen LogP contribution in [0.15, 0.2) is 12.3 Å². The van der Waals surface area contributed by atoms with Crippen molar-refractivity contribution in [2.24, 2.45) is 0 Å². The van der Waals surface area contributed by atoms with E-state index in [-0.39, 0.29) is 0 Å². The van der Waals surface area contributed by atoms with Gasteiger partial charge in [0.15, 0.2) is 5.44 Å². The Labute approximate surface area is 99.0 Å². The molecule has 0 fully saturated rings. The zero-order chi connectivity index (χ0) is 14.0. The fraction of sp³-hybridized carbons (Fsp3) is 0. The van der Waals surface area contributed by atoms with Gasteiger partial charge in [0.1, 0.15) is 0 Å². The topological polar surface area (TPSA) is 189 Å². The van der Waals surface area contributed by atoms with Crippen molar-refractivity contribution in [3.63, 3.8) is 0 Å². The second-order valence-electron chi connectivity index (χ2n) is 2.62. The van der Waals surface area contributed by atoms with Gasteiger partial charge >= 0.3 is 23.2 Å². The minimum absolute atomic E-state index is 0.749. The average molecular weight is 321 g/mol. The average Bonchev–Trinajstić information content (AvgIpc) is 2.13. The third kappa shape index (κ3) is 4.99. The van der Waals surface area contributed by atoms with E-state index in [1.54, 1.807) is 0 Å². The molecule has 0 bridgehead atoms. The van der Waals surface area contributed by atoms with E-state index in [0.29, 0.717) is 0 Å². The van der Waals surface area contributed by atoms with Crippen LogP contribution in [-0.4, -0.2) is 35.0 Å². The highest BCUT2D eigenvalue weighted by Gasteiger charge is 2.41. The summed E-state index contributed by atoms with van der Waals surface area (Å²) in [7, 11) is -15.8. The Morgan fingerprint density at radius 1 is 1.06 bits per heavy atom. The number of nitrogens with zero attached hydrogens (tertiary/aromatic N) is 3. The van der Waals surface area contributed by atoms with Gasteiger partial charge in [-0.05, 0) is 11.3 Å². The molecule has 102 valence electrons. The van der Waals surface area contributed by atoms with Crippen molar-refractivity contribution in [2.45, 2.75) is 0 Å². The summed E-state index contributed by atoms with van der Waals surface area (Å²) in [4.78, 5) is 34.7. The molecule has 0 aliphatic rings. The van der Waals surface area contributed by atoms with E-state index in [1.807, 2.05) is 0 Å². The molecular formula is C3H6N3O9P3. The molecule has 0 aliphatic carbocycles. The SMILES string of the molecule is O=P(O)(O)OP(=O)(O)OP(=O)(O)c1ccnnn1. The summed E-state index contributed by atoms with van der Waals surface area (Å²) in [5.41, 5.74) is -0.749. The van der Waals surface area contributed by atoms with Crippen molar-refractivity contribution in [1.29, 1.82) is 0 Å². The molecule has 0 saturated carbocycles. The van der Waals surface area contributed by atoms with Crippen LogP contribution in [0.4, 0.5) is 0 Å². The summed E-state index contributed by atoms with van der Waals surface area (Å²) >= 11 is 0. The summed E-state index contributed by atoms with van der Waals surface area (Å²) < 4.78 is 39.9. The first-order chi connectivity index (χ1) is 8.02. The highest BCUT2D eigenvalue weighted by molar-refractivity contribution is 7.71. The minimum atomic E-state index is -5.47. The van der Waals surface area contributed by atoms with Crippen molar-refractivity contribution < 1.29 is 41.9 Å². The zero-order valence-corrected chi connectivity index (χ0v) is 10.9. The van der Waals surface area contributed by atoms with Crippen LogP contribution in [0.5, 0.6) is 0 Å². The van der Waals surface area contributed by atoms with Crippen molar-refractivity contribution in [3.8, 4) is 0 Å². The van der Waals surface area contributed by atoms with Gasteiger partial charge in [0.2, 0.25) is 0 Å². The smallest absolute Gasteiger partial charge is 0.319 e. The van der Waals surface area contributed by atoms with Crippen LogP contribution < -0.4 is 5.44 Å². The fourth-order valence-electron chi connectivity index (χ4n) is 0.716. The van der Waals surface area contributed by atoms with Gasteiger partial charge in [0.05, 0.1) is 6.20 Å². The Kier molecular flexibility index (Phi) is 4.50. The fourth-order valence-corrected chi connectivity index (χ4v) is 4.04. The van der Waals surface area contributed by atoms with Crippen LogP contribution in [0, 0.1) is 0 Å². The van der Waals surface area contributed by atoms with Gasteiger partial charge in [0, 0.05) is 0 Å². The monoisotopic (exact) mass is 321 g/mol. The first-order valence-corrected chi connectivity index (χ1v) is 8.41. The lowest BCUT2D eigenvalue weighted by molar-refractivity contribution is 0.224. The molecule has 12 nitrogen and oxygen atoms in total. The van der Waals surface area contributed by atoms with Gasteiger partial charge in [-0.1, -0.05) is 0 Å². The zero-order valence-electron chi connectivity index (χ0n) is 8.17. The predicted molar refractivity (Wildman–Crippen MR) is 53.3 cm³/mol. The molecule has 0 radical (unpaired) electrons. The molecule has 0 spiro atoms. The van der Waals surface area contributed by atoms with Gasteiger partial charge < -0.3 is 19.6 Å². The van der Waals surface area contributed by atoms with Crippen LogP contribution >= 0.6 is 23.2 Å². The highest BCUT2D eigenvalue weighted by atomic mass is 31.3. The lowest BCUT2D eigenvalue weighted by atomic mass is 10.7. The number of phosphoric acid groups is 2. The van der Waals surface area contributed by atoms with Crippen molar-refractivity contribution in [3.05, 3.63) is 12.3 Å². The summed E-state index contributed by atoms with van der Waals surface area (Å²) in [5, 5.41) is 9.21. The standard InChI is InChI=1S/C3H6N3O9P3/c7-16(8,3-1-2-4-6-5-3)14-18(12,13)15-17(9,10)11/h1-2H,(H,7,8)(H,12,13)(H2,9,10,11). The molecule has 2 unspecified atom stereocenters. The second kappa shape index (κ2) is 5.22. The maximum Gasteiger partial charge on any atom is 0.488 e. The molecule has 15 heteroatoms. The number of rotatable bonds is 5. The van der Waals surface area contributed by atoms with Crippen LogP contribution in [0.3, 0.4) is 0 Å². The van der Waals surface area contributed by atoms with Gasteiger partial charge in [-0.15, -0.1) is 10.2 Å². The lowest BCUT2D eigenvalue weighted by Crippen LogP contribution is -2.13. The number of hydrogen-bond acceptors (Lipinski definition) is 8. The molecule has 0 aliphatic heterocycles. The molecule has 4 N–H and O–H groups in total. The van der Waals surface area contributed by atoms with Gasteiger partial charge in [-0.25, -0.2) is 13.4 Å². The molecule has 1 aromatic rings. The van der Waals surface area contributed by atoms with Crippen LogP contribution in [-0.2, 0) is 22.3 Å². The Hall–Kier alpha value is -0.540. The third-order valence-electron chi connectivity index (χ3n) is 1.20.